The van der Waals surface area contributed by atoms with Gasteiger partial charge in [-0.15, -0.1) is 0 Å². The summed E-state index contributed by atoms with van der Waals surface area (Å²) in [6, 6.07) is 1.01. The average Bonchev–Trinajstić information content (AvgIpc) is 2.95. The van der Waals surface area contributed by atoms with Gasteiger partial charge in [0.1, 0.15) is 0 Å². The highest BCUT2D eigenvalue weighted by atomic mass is 19.4. The number of nitrogens with zero attached hydrogens (tertiary/aromatic N) is 5. The van der Waals surface area contributed by atoms with Crippen LogP contribution in [-0.2, 0) is 12.7 Å². The van der Waals surface area contributed by atoms with E-state index in [0.717, 1.165) is 18.9 Å². The second-order valence-electron chi connectivity index (χ2n) is 6.61. The van der Waals surface area contributed by atoms with Crippen molar-refractivity contribution in [1.29, 1.82) is 0 Å². The number of aryl methyl sites for hydroxylation is 2. The van der Waals surface area contributed by atoms with Crippen molar-refractivity contribution in [3.63, 3.8) is 0 Å². The topological polar surface area (TPSA) is 46.8 Å². The van der Waals surface area contributed by atoms with Gasteiger partial charge in [-0.3, -0.25) is 4.68 Å². The first kappa shape index (κ1) is 17.7. The molecule has 5 nitrogen and oxygen atoms in total. The number of halogens is 3. The van der Waals surface area contributed by atoms with Crippen LogP contribution in [0, 0.1) is 12.8 Å². The van der Waals surface area contributed by atoms with Gasteiger partial charge < -0.3 is 4.90 Å². The molecule has 1 saturated heterocycles. The van der Waals surface area contributed by atoms with Crippen LogP contribution >= 0.6 is 0 Å². The monoisotopic (exact) mass is 353 g/mol. The molecule has 1 fully saturated rings. The number of aromatic nitrogens is 4. The van der Waals surface area contributed by atoms with Gasteiger partial charge in [-0.1, -0.05) is 6.92 Å². The van der Waals surface area contributed by atoms with E-state index < -0.39 is 11.9 Å². The minimum Gasteiger partial charge on any atom is -0.341 e. The van der Waals surface area contributed by atoms with Crippen molar-refractivity contribution in [2.75, 3.05) is 18.0 Å². The van der Waals surface area contributed by atoms with Gasteiger partial charge in [0.15, 0.2) is 5.69 Å². The molecule has 2 aromatic heterocycles. The Labute approximate surface area is 144 Å². The van der Waals surface area contributed by atoms with Gasteiger partial charge in [-0.05, 0) is 38.7 Å². The zero-order valence-corrected chi connectivity index (χ0v) is 14.6. The van der Waals surface area contributed by atoms with Gasteiger partial charge in [0, 0.05) is 31.4 Å². The summed E-state index contributed by atoms with van der Waals surface area (Å²) in [4.78, 5) is 10.1. The highest BCUT2D eigenvalue weighted by Crippen LogP contribution is 2.33. The molecule has 25 heavy (non-hydrogen) atoms. The summed E-state index contributed by atoms with van der Waals surface area (Å²) in [5.41, 5.74) is 0.634. The van der Waals surface area contributed by atoms with Crippen LogP contribution in [0.25, 0.3) is 11.3 Å². The maximum Gasteiger partial charge on any atom is 0.433 e. The van der Waals surface area contributed by atoms with Gasteiger partial charge in [0.25, 0.3) is 0 Å². The molecule has 1 unspecified atom stereocenters. The van der Waals surface area contributed by atoms with Crippen molar-refractivity contribution in [1.82, 2.24) is 19.7 Å². The quantitative estimate of drug-likeness (QED) is 0.839. The molecule has 0 aromatic carbocycles. The molecule has 2 aromatic rings. The predicted molar refractivity (Wildman–Crippen MR) is 89.3 cm³/mol. The van der Waals surface area contributed by atoms with Gasteiger partial charge in [-0.2, -0.15) is 18.3 Å². The lowest BCUT2D eigenvalue weighted by atomic mass is 10.0. The summed E-state index contributed by atoms with van der Waals surface area (Å²) in [5, 5.41) is 4.31. The lowest BCUT2D eigenvalue weighted by Crippen LogP contribution is -2.36. The molecule has 1 atom stereocenters. The summed E-state index contributed by atoms with van der Waals surface area (Å²) in [6.07, 6.45) is -0.767. The third-order valence-corrected chi connectivity index (χ3v) is 4.49. The van der Waals surface area contributed by atoms with E-state index in [0.29, 0.717) is 36.8 Å². The molecule has 1 aliphatic rings. The Morgan fingerprint density at radius 2 is 2.04 bits per heavy atom. The molecule has 136 valence electrons. The highest BCUT2D eigenvalue weighted by molar-refractivity contribution is 5.63. The first-order valence-corrected chi connectivity index (χ1v) is 8.53. The van der Waals surface area contributed by atoms with E-state index in [2.05, 4.69) is 22.0 Å². The summed E-state index contributed by atoms with van der Waals surface area (Å²) >= 11 is 0. The SMILES string of the molecule is CCn1cc(-c2cc(C(F)(F)F)nc(N3CCCC(C)C3)n2)c(C)n1. The average molecular weight is 353 g/mol. The lowest BCUT2D eigenvalue weighted by Gasteiger charge is -2.31. The van der Waals surface area contributed by atoms with Crippen LogP contribution in [0.1, 0.15) is 38.1 Å². The number of hydrogen-bond donors (Lipinski definition) is 0. The Bertz CT molecular complexity index is 753. The molecule has 0 amide bonds. The molecule has 1 aliphatic heterocycles. The fourth-order valence-corrected chi connectivity index (χ4v) is 3.16. The minimum atomic E-state index is -4.51. The smallest absolute Gasteiger partial charge is 0.341 e. The lowest BCUT2D eigenvalue weighted by molar-refractivity contribution is -0.141. The van der Waals surface area contributed by atoms with Crippen molar-refractivity contribution in [3.8, 4) is 11.3 Å². The molecular formula is C17H22F3N5. The van der Waals surface area contributed by atoms with Crippen LogP contribution in [0.4, 0.5) is 19.1 Å². The summed E-state index contributed by atoms with van der Waals surface area (Å²) in [6.45, 7) is 7.80. The Hall–Kier alpha value is -2.12. The first-order chi connectivity index (χ1) is 11.8. The molecule has 0 saturated carbocycles. The van der Waals surface area contributed by atoms with Crippen molar-refractivity contribution in [2.45, 2.75) is 46.3 Å². The van der Waals surface area contributed by atoms with Gasteiger partial charge in [0.05, 0.1) is 11.4 Å². The van der Waals surface area contributed by atoms with Crippen LogP contribution < -0.4 is 4.90 Å². The zero-order chi connectivity index (χ0) is 18.2. The van der Waals surface area contributed by atoms with Crippen molar-refractivity contribution < 1.29 is 13.2 Å². The molecule has 0 spiro atoms. The zero-order valence-electron chi connectivity index (χ0n) is 14.6. The fourth-order valence-electron chi connectivity index (χ4n) is 3.16. The van der Waals surface area contributed by atoms with Gasteiger partial charge in [0.2, 0.25) is 5.95 Å². The third-order valence-electron chi connectivity index (χ3n) is 4.49. The molecule has 0 aliphatic carbocycles. The second kappa shape index (κ2) is 6.65. The normalized spacial score (nSPS) is 18.6. The predicted octanol–water partition coefficient (Wildman–Crippen LogP) is 3.92. The fraction of sp³-hybridized carbons (Fsp3) is 0.588. The molecule has 0 N–H and O–H groups in total. The van der Waals surface area contributed by atoms with E-state index in [1.165, 1.54) is 0 Å². The molecule has 3 heterocycles. The Morgan fingerprint density at radius 1 is 1.28 bits per heavy atom. The summed E-state index contributed by atoms with van der Waals surface area (Å²) < 4.78 is 41.7. The second-order valence-corrected chi connectivity index (χ2v) is 6.61. The molecule has 0 radical (unpaired) electrons. The van der Waals surface area contributed by atoms with E-state index in [9.17, 15) is 13.2 Å². The standard InChI is InChI=1S/C17H22F3N5/c1-4-25-10-13(12(3)23-25)14-8-15(17(18,19)20)22-16(21-14)24-7-5-6-11(2)9-24/h8,10-11H,4-7,9H2,1-3H3. The number of anilines is 1. The van der Waals surface area contributed by atoms with Crippen molar-refractivity contribution >= 4 is 5.95 Å². The Balaban J connectivity index is 2.08. The number of rotatable bonds is 3. The Morgan fingerprint density at radius 3 is 2.64 bits per heavy atom. The maximum absolute atomic E-state index is 13.3. The van der Waals surface area contributed by atoms with E-state index in [1.807, 2.05) is 11.8 Å². The highest BCUT2D eigenvalue weighted by Gasteiger charge is 2.35. The number of alkyl halides is 3. The number of hydrogen-bond acceptors (Lipinski definition) is 4. The van der Waals surface area contributed by atoms with E-state index in [1.54, 1.807) is 17.8 Å². The molecule has 8 heteroatoms. The maximum atomic E-state index is 13.3. The van der Waals surface area contributed by atoms with Crippen LogP contribution in [0.15, 0.2) is 12.3 Å². The van der Waals surface area contributed by atoms with Crippen LogP contribution in [0.3, 0.4) is 0 Å². The van der Waals surface area contributed by atoms with E-state index >= 15 is 0 Å². The largest absolute Gasteiger partial charge is 0.433 e. The van der Waals surface area contributed by atoms with Crippen LogP contribution in [0.5, 0.6) is 0 Å². The third kappa shape index (κ3) is 3.77. The molecular weight excluding hydrogens is 331 g/mol. The summed E-state index contributed by atoms with van der Waals surface area (Å²) in [7, 11) is 0. The molecule has 3 rings (SSSR count). The number of piperidine rings is 1. The van der Waals surface area contributed by atoms with E-state index in [-0.39, 0.29) is 11.6 Å². The van der Waals surface area contributed by atoms with E-state index in [4.69, 9.17) is 0 Å². The minimum absolute atomic E-state index is 0.153. The van der Waals surface area contributed by atoms with Crippen molar-refractivity contribution in [2.24, 2.45) is 5.92 Å². The summed E-state index contributed by atoms with van der Waals surface area (Å²) in [5.74, 6) is 0.569. The van der Waals surface area contributed by atoms with Crippen LogP contribution in [0.2, 0.25) is 0 Å². The van der Waals surface area contributed by atoms with Gasteiger partial charge in [-0.25, -0.2) is 9.97 Å². The van der Waals surface area contributed by atoms with Gasteiger partial charge >= 0.3 is 6.18 Å². The van der Waals surface area contributed by atoms with Crippen LogP contribution in [-0.4, -0.2) is 32.8 Å². The molecule has 0 bridgehead atoms. The Kier molecular flexibility index (Phi) is 4.71. The first-order valence-electron chi connectivity index (χ1n) is 8.53. The van der Waals surface area contributed by atoms with Crippen molar-refractivity contribution in [3.05, 3.63) is 23.7 Å².